The van der Waals surface area contributed by atoms with Gasteiger partial charge in [0.15, 0.2) is 0 Å². The average molecular weight is 414 g/mol. The first kappa shape index (κ1) is 18.3. The monoisotopic (exact) mass is 413 g/mol. The van der Waals surface area contributed by atoms with E-state index in [9.17, 15) is 4.79 Å². The van der Waals surface area contributed by atoms with Crippen LogP contribution in [0.25, 0.3) is 11.4 Å². The Labute approximate surface area is 161 Å². The van der Waals surface area contributed by atoms with Crippen LogP contribution in [0.4, 0.5) is 0 Å². The minimum atomic E-state index is 0.0106. The minimum absolute atomic E-state index is 0.0106. The molecule has 0 fully saturated rings. The van der Waals surface area contributed by atoms with E-state index in [1.807, 2.05) is 36.4 Å². The molecule has 0 saturated carbocycles. The SMILES string of the molecule is CCc1ccc(CC(=O)N(C)Cc2nc(-c3cccc(Br)c3)no2)cc1. The normalized spacial score (nSPS) is 10.7. The Morgan fingerprint density at radius 2 is 1.88 bits per heavy atom. The second-order valence-corrected chi connectivity index (χ2v) is 7.03. The molecule has 134 valence electrons. The number of likely N-dealkylation sites (N-methyl/N-ethyl adjacent to an activating group) is 1. The highest BCUT2D eigenvalue weighted by atomic mass is 79.9. The Bertz CT molecular complexity index is 890. The van der Waals surface area contributed by atoms with Crippen molar-refractivity contribution in [1.29, 1.82) is 0 Å². The molecule has 1 amide bonds. The third-order valence-electron chi connectivity index (χ3n) is 4.14. The van der Waals surface area contributed by atoms with Crippen LogP contribution in [-0.2, 0) is 24.2 Å². The molecule has 6 heteroatoms. The number of rotatable bonds is 6. The van der Waals surface area contributed by atoms with Crippen LogP contribution < -0.4 is 0 Å². The molecule has 2 aromatic carbocycles. The van der Waals surface area contributed by atoms with Gasteiger partial charge in [0.2, 0.25) is 17.6 Å². The summed E-state index contributed by atoms with van der Waals surface area (Å²) in [6.07, 6.45) is 1.35. The fourth-order valence-corrected chi connectivity index (χ4v) is 2.96. The highest BCUT2D eigenvalue weighted by Crippen LogP contribution is 2.20. The molecule has 0 N–H and O–H groups in total. The molecule has 0 aliphatic rings. The second kappa shape index (κ2) is 8.27. The van der Waals surface area contributed by atoms with Crippen molar-refractivity contribution in [1.82, 2.24) is 15.0 Å². The van der Waals surface area contributed by atoms with E-state index in [2.05, 4.69) is 45.1 Å². The van der Waals surface area contributed by atoms with Gasteiger partial charge in [0, 0.05) is 17.1 Å². The van der Waals surface area contributed by atoms with Crippen molar-refractivity contribution in [2.24, 2.45) is 0 Å². The fourth-order valence-electron chi connectivity index (χ4n) is 2.56. The molecule has 1 heterocycles. The first-order valence-corrected chi connectivity index (χ1v) is 9.24. The van der Waals surface area contributed by atoms with Crippen LogP contribution in [0.5, 0.6) is 0 Å². The number of hydrogen-bond donors (Lipinski definition) is 0. The van der Waals surface area contributed by atoms with Crippen LogP contribution in [0.3, 0.4) is 0 Å². The molecule has 3 aromatic rings. The van der Waals surface area contributed by atoms with Gasteiger partial charge in [-0.25, -0.2) is 0 Å². The number of amides is 1. The standard InChI is InChI=1S/C20H20BrN3O2/c1-3-14-7-9-15(10-8-14)11-19(25)24(2)13-18-22-20(23-26-18)16-5-4-6-17(21)12-16/h4-10,12H,3,11,13H2,1-2H3. The number of nitrogens with zero attached hydrogens (tertiary/aromatic N) is 3. The molecule has 1 aromatic heterocycles. The van der Waals surface area contributed by atoms with Gasteiger partial charge in [-0.1, -0.05) is 64.4 Å². The summed E-state index contributed by atoms with van der Waals surface area (Å²) in [5.41, 5.74) is 3.12. The number of carbonyl (C=O) groups is 1. The van der Waals surface area contributed by atoms with Gasteiger partial charge in [0.25, 0.3) is 0 Å². The van der Waals surface area contributed by atoms with Crippen molar-refractivity contribution in [3.05, 3.63) is 70.0 Å². The third-order valence-corrected chi connectivity index (χ3v) is 4.63. The van der Waals surface area contributed by atoms with Crippen molar-refractivity contribution < 1.29 is 9.32 Å². The van der Waals surface area contributed by atoms with Crippen molar-refractivity contribution in [2.45, 2.75) is 26.3 Å². The van der Waals surface area contributed by atoms with Crippen molar-refractivity contribution in [2.75, 3.05) is 7.05 Å². The lowest BCUT2D eigenvalue weighted by Gasteiger charge is -2.14. The number of carbonyl (C=O) groups excluding carboxylic acids is 1. The fraction of sp³-hybridized carbons (Fsp3) is 0.250. The van der Waals surface area contributed by atoms with E-state index in [-0.39, 0.29) is 12.5 Å². The van der Waals surface area contributed by atoms with Gasteiger partial charge in [-0.05, 0) is 29.7 Å². The molecule has 26 heavy (non-hydrogen) atoms. The van der Waals surface area contributed by atoms with Gasteiger partial charge in [0.1, 0.15) is 0 Å². The van der Waals surface area contributed by atoms with Crippen LogP contribution in [0.2, 0.25) is 0 Å². The largest absolute Gasteiger partial charge is 0.337 e. The van der Waals surface area contributed by atoms with Gasteiger partial charge in [0.05, 0.1) is 13.0 Å². The number of halogens is 1. The molecule has 0 unspecified atom stereocenters. The first-order chi connectivity index (χ1) is 12.5. The molecule has 0 radical (unpaired) electrons. The van der Waals surface area contributed by atoms with Crippen LogP contribution in [-0.4, -0.2) is 28.0 Å². The quantitative estimate of drug-likeness (QED) is 0.605. The molecule has 5 nitrogen and oxygen atoms in total. The number of aryl methyl sites for hydroxylation is 1. The first-order valence-electron chi connectivity index (χ1n) is 8.45. The Morgan fingerprint density at radius 1 is 1.15 bits per heavy atom. The summed E-state index contributed by atoms with van der Waals surface area (Å²) in [6, 6.07) is 15.8. The summed E-state index contributed by atoms with van der Waals surface area (Å²) in [7, 11) is 1.74. The number of benzene rings is 2. The van der Waals surface area contributed by atoms with E-state index < -0.39 is 0 Å². The van der Waals surface area contributed by atoms with Crippen LogP contribution in [0.15, 0.2) is 57.5 Å². The van der Waals surface area contributed by atoms with Crippen molar-refractivity contribution >= 4 is 21.8 Å². The van der Waals surface area contributed by atoms with Gasteiger partial charge < -0.3 is 9.42 Å². The summed E-state index contributed by atoms with van der Waals surface area (Å²) >= 11 is 3.43. The third kappa shape index (κ3) is 4.58. The Balaban J connectivity index is 1.62. The molecular formula is C20H20BrN3O2. The Morgan fingerprint density at radius 3 is 2.58 bits per heavy atom. The Kier molecular flexibility index (Phi) is 5.83. The van der Waals surface area contributed by atoms with Crippen molar-refractivity contribution in [3.63, 3.8) is 0 Å². The zero-order valence-electron chi connectivity index (χ0n) is 14.8. The molecule has 0 bridgehead atoms. The predicted octanol–water partition coefficient (Wildman–Crippen LogP) is 4.26. The highest BCUT2D eigenvalue weighted by Gasteiger charge is 2.15. The van der Waals surface area contributed by atoms with E-state index in [1.165, 1.54) is 5.56 Å². The average Bonchev–Trinajstić information content (AvgIpc) is 3.11. The van der Waals surface area contributed by atoms with Crippen LogP contribution >= 0.6 is 15.9 Å². The van der Waals surface area contributed by atoms with E-state index in [4.69, 9.17) is 4.52 Å². The summed E-state index contributed by atoms with van der Waals surface area (Å²) in [5, 5.41) is 4.00. The smallest absolute Gasteiger partial charge is 0.246 e. The van der Waals surface area contributed by atoms with Gasteiger partial charge in [-0.3, -0.25) is 4.79 Å². The molecule has 0 atom stereocenters. The van der Waals surface area contributed by atoms with Crippen LogP contribution in [0, 0.1) is 0 Å². The molecule has 0 saturated heterocycles. The summed E-state index contributed by atoms with van der Waals surface area (Å²) in [4.78, 5) is 18.4. The zero-order valence-corrected chi connectivity index (χ0v) is 16.4. The lowest BCUT2D eigenvalue weighted by atomic mass is 10.1. The minimum Gasteiger partial charge on any atom is -0.337 e. The lowest BCUT2D eigenvalue weighted by molar-refractivity contribution is -0.130. The number of hydrogen-bond acceptors (Lipinski definition) is 4. The summed E-state index contributed by atoms with van der Waals surface area (Å²) < 4.78 is 6.24. The van der Waals surface area contributed by atoms with E-state index >= 15 is 0 Å². The highest BCUT2D eigenvalue weighted by molar-refractivity contribution is 9.10. The maximum absolute atomic E-state index is 12.4. The van der Waals surface area contributed by atoms with E-state index in [0.717, 1.165) is 22.0 Å². The molecule has 0 aliphatic heterocycles. The topological polar surface area (TPSA) is 59.2 Å². The maximum Gasteiger partial charge on any atom is 0.246 e. The lowest BCUT2D eigenvalue weighted by Crippen LogP contribution is -2.27. The maximum atomic E-state index is 12.4. The van der Waals surface area contributed by atoms with E-state index in [1.54, 1.807) is 11.9 Å². The Hall–Kier alpha value is -2.47. The zero-order chi connectivity index (χ0) is 18.5. The molecule has 0 aliphatic carbocycles. The van der Waals surface area contributed by atoms with E-state index in [0.29, 0.717) is 18.1 Å². The van der Waals surface area contributed by atoms with Crippen molar-refractivity contribution in [3.8, 4) is 11.4 Å². The summed E-state index contributed by atoms with van der Waals surface area (Å²) in [6.45, 7) is 2.40. The predicted molar refractivity (Wildman–Crippen MR) is 103 cm³/mol. The van der Waals surface area contributed by atoms with Gasteiger partial charge in [-0.15, -0.1) is 0 Å². The molecule has 0 spiro atoms. The second-order valence-electron chi connectivity index (χ2n) is 6.12. The molecular weight excluding hydrogens is 394 g/mol. The van der Waals surface area contributed by atoms with Gasteiger partial charge >= 0.3 is 0 Å². The van der Waals surface area contributed by atoms with Crippen LogP contribution in [0.1, 0.15) is 23.9 Å². The van der Waals surface area contributed by atoms with Gasteiger partial charge in [-0.2, -0.15) is 4.98 Å². The summed E-state index contributed by atoms with van der Waals surface area (Å²) in [5.74, 6) is 0.936. The number of aromatic nitrogens is 2. The molecule has 3 rings (SSSR count).